The first-order valence-electron chi connectivity index (χ1n) is 14.0. The molecule has 1 unspecified atom stereocenters. The van der Waals surface area contributed by atoms with Crippen LogP contribution in [0.3, 0.4) is 0 Å². The molecule has 1 saturated heterocycles. The second-order valence-corrected chi connectivity index (χ2v) is 23.6. The van der Waals surface area contributed by atoms with Gasteiger partial charge in [0.2, 0.25) is 0 Å². The van der Waals surface area contributed by atoms with E-state index in [-0.39, 0.29) is 46.5 Å². The quantitative estimate of drug-likeness (QED) is 0.260. The lowest BCUT2D eigenvalue weighted by Crippen LogP contribution is -2.56. The number of hydrogen-bond acceptors (Lipinski definition) is 5. The summed E-state index contributed by atoms with van der Waals surface area (Å²) in [5.74, 6) is 0.370. The van der Waals surface area contributed by atoms with E-state index < -0.39 is 16.6 Å². The molecule has 5 nitrogen and oxygen atoms in total. The molecule has 0 amide bonds. The number of ether oxygens (including phenoxy) is 3. The summed E-state index contributed by atoms with van der Waals surface area (Å²) < 4.78 is 32.6. The van der Waals surface area contributed by atoms with Crippen molar-refractivity contribution in [2.45, 2.75) is 129 Å². The van der Waals surface area contributed by atoms with E-state index in [0.29, 0.717) is 13.2 Å². The van der Waals surface area contributed by atoms with Gasteiger partial charge in [-0.05, 0) is 41.8 Å². The topological polar surface area (TPSA) is 46.2 Å². The Morgan fingerprint density at radius 1 is 0.865 bits per heavy atom. The molecule has 0 radical (unpaired) electrons. The molecule has 0 bridgehead atoms. The third-order valence-corrected chi connectivity index (χ3v) is 18.0. The molecule has 0 aliphatic carbocycles. The van der Waals surface area contributed by atoms with E-state index in [9.17, 15) is 0 Å². The molecule has 0 aromatic heterocycles. The predicted octanol–water partition coefficient (Wildman–Crippen LogP) is 8.02. The first-order chi connectivity index (χ1) is 16.9. The highest BCUT2D eigenvalue weighted by Gasteiger charge is 2.48. The second kappa shape index (κ2) is 12.7. The zero-order valence-corrected chi connectivity index (χ0v) is 28.0. The van der Waals surface area contributed by atoms with E-state index in [1.165, 1.54) is 5.56 Å². The molecule has 0 N–H and O–H groups in total. The Labute approximate surface area is 230 Å². The number of benzene rings is 1. The van der Waals surface area contributed by atoms with Crippen molar-refractivity contribution in [1.82, 2.24) is 0 Å². The number of rotatable bonds is 11. The summed E-state index contributed by atoms with van der Waals surface area (Å²) in [6.45, 7) is 28.6. The standard InChI is InChI=1S/C30H56O5Si2/c1-22-26(33-28(31-9)23(2)27(22)35-37(12,13)30(6,7)8)19-25(34-36(10,11)29(3,4)5)21-32-20-24-17-15-14-16-18-24/h14-18,22-23,25-28H,19-21H2,1-13H3/t22-,23+,25-,26-,27-,28?/m0/s1. The van der Waals surface area contributed by atoms with Crippen LogP contribution in [0.2, 0.25) is 36.3 Å². The van der Waals surface area contributed by atoms with Crippen LogP contribution in [0.5, 0.6) is 0 Å². The normalized spacial score (nSPS) is 26.8. The van der Waals surface area contributed by atoms with E-state index >= 15 is 0 Å². The van der Waals surface area contributed by atoms with Crippen molar-refractivity contribution in [2.24, 2.45) is 11.8 Å². The molecule has 1 fully saturated rings. The van der Waals surface area contributed by atoms with Crippen molar-refractivity contribution in [1.29, 1.82) is 0 Å². The second-order valence-electron chi connectivity index (χ2n) is 14.1. The zero-order chi connectivity index (χ0) is 28.2. The Balaban J connectivity index is 2.25. The smallest absolute Gasteiger partial charge is 0.192 e. The molecule has 214 valence electrons. The van der Waals surface area contributed by atoms with Gasteiger partial charge in [-0.2, -0.15) is 0 Å². The molecule has 2 rings (SSSR count). The van der Waals surface area contributed by atoms with Crippen molar-refractivity contribution in [3.63, 3.8) is 0 Å². The van der Waals surface area contributed by atoms with Gasteiger partial charge in [-0.3, -0.25) is 0 Å². The zero-order valence-electron chi connectivity index (χ0n) is 26.0. The van der Waals surface area contributed by atoms with Crippen molar-refractivity contribution < 1.29 is 23.1 Å². The first kappa shape index (κ1) is 32.7. The molecular weight excluding hydrogens is 496 g/mol. The molecule has 6 atom stereocenters. The van der Waals surface area contributed by atoms with Crippen LogP contribution in [0.25, 0.3) is 0 Å². The van der Waals surface area contributed by atoms with Crippen LogP contribution in [-0.2, 0) is 29.7 Å². The molecule has 1 aromatic carbocycles. The average Bonchev–Trinajstić information content (AvgIpc) is 2.77. The van der Waals surface area contributed by atoms with E-state index in [4.69, 9.17) is 23.1 Å². The van der Waals surface area contributed by atoms with Crippen molar-refractivity contribution in [2.75, 3.05) is 13.7 Å². The fraction of sp³-hybridized carbons (Fsp3) is 0.800. The Hall–Kier alpha value is -0.546. The Morgan fingerprint density at radius 2 is 1.43 bits per heavy atom. The van der Waals surface area contributed by atoms with Gasteiger partial charge in [0, 0.05) is 25.4 Å². The first-order valence-corrected chi connectivity index (χ1v) is 19.9. The molecule has 37 heavy (non-hydrogen) atoms. The largest absolute Gasteiger partial charge is 0.413 e. The third-order valence-electron chi connectivity index (χ3n) is 9.01. The van der Waals surface area contributed by atoms with Gasteiger partial charge < -0.3 is 23.1 Å². The van der Waals surface area contributed by atoms with Gasteiger partial charge in [0.15, 0.2) is 22.9 Å². The van der Waals surface area contributed by atoms with Crippen LogP contribution < -0.4 is 0 Å². The Bertz CT molecular complexity index is 816. The van der Waals surface area contributed by atoms with Crippen LogP contribution in [0.15, 0.2) is 30.3 Å². The maximum Gasteiger partial charge on any atom is 0.192 e. The van der Waals surface area contributed by atoms with E-state index in [0.717, 1.165) is 6.42 Å². The summed E-state index contributed by atoms with van der Waals surface area (Å²) in [5, 5.41) is 0.253. The summed E-state index contributed by atoms with van der Waals surface area (Å²) >= 11 is 0. The fourth-order valence-electron chi connectivity index (χ4n) is 4.42. The predicted molar refractivity (Wildman–Crippen MR) is 159 cm³/mol. The van der Waals surface area contributed by atoms with Crippen molar-refractivity contribution >= 4 is 16.6 Å². The minimum absolute atomic E-state index is 0.0361. The van der Waals surface area contributed by atoms with Crippen LogP contribution in [0.1, 0.15) is 67.4 Å². The maximum atomic E-state index is 7.02. The van der Waals surface area contributed by atoms with Gasteiger partial charge in [0.25, 0.3) is 0 Å². The van der Waals surface area contributed by atoms with Crippen LogP contribution in [0.4, 0.5) is 0 Å². The van der Waals surface area contributed by atoms with Crippen LogP contribution in [-0.4, -0.2) is 55.0 Å². The van der Waals surface area contributed by atoms with Gasteiger partial charge in [0.05, 0.1) is 31.5 Å². The van der Waals surface area contributed by atoms with Gasteiger partial charge in [-0.15, -0.1) is 0 Å². The molecule has 7 heteroatoms. The van der Waals surface area contributed by atoms with Gasteiger partial charge in [-0.1, -0.05) is 85.7 Å². The summed E-state index contributed by atoms with van der Waals surface area (Å²) in [6.07, 6.45) is 0.437. The van der Waals surface area contributed by atoms with Gasteiger partial charge in [-0.25, -0.2) is 0 Å². The lowest BCUT2D eigenvalue weighted by molar-refractivity contribution is -0.254. The number of hydrogen-bond donors (Lipinski definition) is 0. The highest BCUT2D eigenvalue weighted by molar-refractivity contribution is 6.74. The average molecular weight is 553 g/mol. The Morgan fingerprint density at radius 3 is 1.95 bits per heavy atom. The van der Waals surface area contributed by atoms with Crippen molar-refractivity contribution in [3.8, 4) is 0 Å². The SMILES string of the molecule is COC1O[C@@H](C[C@@H](COCc2ccccc2)O[Si](C)(C)C(C)(C)C)[C@H](C)[C@H](O[Si](C)(C)C(C)(C)C)[C@H]1C. The molecule has 1 heterocycles. The minimum atomic E-state index is -2.01. The summed E-state index contributed by atoms with van der Waals surface area (Å²) in [4.78, 5) is 0. The van der Waals surface area contributed by atoms with Crippen molar-refractivity contribution in [3.05, 3.63) is 35.9 Å². The summed E-state index contributed by atoms with van der Waals surface area (Å²) in [6, 6.07) is 10.3. The monoisotopic (exact) mass is 552 g/mol. The van der Waals surface area contributed by atoms with E-state index in [1.807, 2.05) is 6.07 Å². The summed E-state index contributed by atoms with van der Waals surface area (Å²) in [7, 11) is -2.24. The highest BCUT2D eigenvalue weighted by Crippen LogP contribution is 2.43. The molecule has 1 aliphatic heterocycles. The lowest BCUT2D eigenvalue weighted by Gasteiger charge is -2.49. The molecule has 1 aromatic rings. The van der Waals surface area contributed by atoms with Gasteiger partial charge >= 0.3 is 0 Å². The Kier molecular flexibility index (Phi) is 11.3. The highest BCUT2D eigenvalue weighted by atomic mass is 28.4. The fourth-order valence-corrected chi connectivity index (χ4v) is 7.24. The molecule has 0 saturated carbocycles. The molecule has 1 aliphatic rings. The molecular formula is C30H56O5Si2. The van der Waals surface area contributed by atoms with E-state index in [1.54, 1.807) is 7.11 Å². The van der Waals surface area contributed by atoms with E-state index in [2.05, 4.69) is 106 Å². The number of methoxy groups -OCH3 is 1. The molecule has 0 spiro atoms. The van der Waals surface area contributed by atoms with Crippen LogP contribution in [0, 0.1) is 11.8 Å². The van der Waals surface area contributed by atoms with Gasteiger partial charge in [0.1, 0.15) is 0 Å². The minimum Gasteiger partial charge on any atom is -0.413 e. The maximum absolute atomic E-state index is 7.02. The lowest BCUT2D eigenvalue weighted by atomic mass is 9.84. The summed E-state index contributed by atoms with van der Waals surface area (Å²) in [5.41, 5.74) is 1.17. The third kappa shape index (κ3) is 8.72. The van der Waals surface area contributed by atoms with Crippen LogP contribution >= 0.6 is 0 Å².